The molecule has 1 aromatic carbocycles. The molecule has 0 radical (unpaired) electrons. The van der Waals surface area contributed by atoms with Crippen molar-refractivity contribution in [3.05, 3.63) is 29.8 Å². The number of rotatable bonds is 4. The van der Waals surface area contributed by atoms with Crippen LogP contribution in [0.2, 0.25) is 0 Å². The quantitative estimate of drug-likeness (QED) is 0.437. The van der Waals surface area contributed by atoms with E-state index in [0.29, 0.717) is 11.3 Å². The monoisotopic (exact) mass is 245 g/mol. The molecule has 17 heavy (non-hydrogen) atoms. The van der Waals surface area contributed by atoms with Gasteiger partial charge in [-0.15, -0.1) is 0 Å². The first kappa shape index (κ1) is 16.1. The minimum atomic E-state index is -1.22. The summed E-state index contributed by atoms with van der Waals surface area (Å²) in [4.78, 5) is 14.4. The Hall–Kier alpha value is -0.880. The molecule has 1 rings (SSSR count). The number of carbonyl (C=O) groups is 1. The van der Waals surface area contributed by atoms with Crippen molar-refractivity contribution in [3.8, 4) is 5.75 Å². The Labute approximate surface area is 121 Å². The number of aliphatic hydroxyl groups excluding tert-OH is 1. The van der Waals surface area contributed by atoms with Crippen LogP contribution in [-0.2, 0) is 4.79 Å². The van der Waals surface area contributed by atoms with Crippen LogP contribution in [0.15, 0.2) is 29.3 Å². The van der Waals surface area contributed by atoms with Crippen molar-refractivity contribution in [3.63, 3.8) is 0 Å². The van der Waals surface area contributed by atoms with Gasteiger partial charge in [0.2, 0.25) is 0 Å². The Morgan fingerprint density at radius 1 is 1.47 bits per heavy atom. The largest absolute Gasteiger partial charge is 1.00 e. The van der Waals surface area contributed by atoms with Crippen LogP contribution in [0.25, 0.3) is 0 Å². The summed E-state index contributed by atoms with van der Waals surface area (Å²) in [6.07, 6.45) is 0. The fourth-order valence-corrected chi connectivity index (χ4v) is 1.24. The van der Waals surface area contributed by atoms with E-state index in [-0.39, 0.29) is 35.3 Å². The van der Waals surface area contributed by atoms with Crippen molar-refractivity contribution in [1.29, 1.82) is 0 Å². The Morgan fingerprint density at radius 2 is 2.06 bits per heavy atom. The molecule has 0 aromatic heterocycles. The van der Waals surface area contributed by atoms with Gasteiger partial charge >= 0.3 is 35.5 Å². The summed E-state index contributed by atoms with van der Waals surface area (Å²) >= 11 is 0. The first-order valence-corrected chi connectivity index (χ1v) is 4.70. The molecule has 6 heteroatoms. The van der Waals surface area contributed by atoms with Gasteiger partial charge in [0.05, 0.1) is 6.61 Å². The predicted octanol–water partition coefficient (Wildman–Crippen LogP) is -2.98. The van der Waals surface area contributed by atoms with E-state index < -0.39 is 18.6 Å². The molecule has 1 atom stereocenters. The standard InChI is InChI=1S/C11H13NO4.Na/c1-7(12-9(6-13)11(15)16)8-4-2-3-5-10(8)14;/h2-5,9,13-14H,6H2,1H3,(H,15,16);/q;+1/p-1. The summed E-state index contributed by atoms with van der Waals surface area (Å²) in [6.45, 7) is 0.954. The number of aliphatic hydroxyl groups is 1. The van der Waals surface area contributed by atoms with Crippen molar-refractivity contribution >= 4 is 11.7 Å². The number of aliphatic imine (C=N–C) groups is 1. The van der Waals surface area contributed by atoms with E-state index in [4.69, 9.17) is 10.2 Å². The second-order valence-corrected chi connectivity index (χ2v) is 3.25. The van der Waals surface area contributed by atoms with Crippen molar-refractivity contribution in [2.45, 2.75) is 13.0 Å². The molecule has 0 bridgehead atoms. The molecule has 86 valence electrons. The Morgan fingerprint density at radius 3 is 2.53 bits per heavy atom. The molecular weight excluding hydrogens is 233 g/mol. The topological polar surface area (TPSA) is 93.0 Å². The number of hydrogen-bond acceptors (Lipinski definition) is 4. The van der Waals surface area contributed by atoms with Gasteiger partial charge in [-0.3, -0.25) is 4.99 Å². The second kappa shape index (κ2) is 7.45. The summed E-state index contributed by atoms with van der Waals surface area (Å²) in [5.74, 6) is -1.43. The third kappa shape index (κ3) is 4.47. The third-order valence-corrected chi connectivity index (χ3v) is 2.08. The van der Waals surface area contributed by atoms with Crippen LogP contribution in [0.3, 0.4) is 0 Å². The van der Waals surface area contributed by atoms with Crippen molar-refractivity contribution in [2.75, 3.05) is 6.61 Å². The normalized spacial score (nSPS) is 12.7. The summed E-state index contributed by atoms with van der Waals surface area (Å²) < 4.78 is 0. The van der Waals surface area contributed by atoms with E-state index in [1.54, 1.807) is 25.1 Å². The zero-order chi connectivity index (χ0) is 12.1. The van der Waals surface area contributed by atoms with Crippen LogP contribution in [0.5, 0.6) is 5.75 Å². The summed E-state index contributed by atoms with van der Waals surface area (Å²) in [5.41, 5.74) is 0.661. The van der Waals surface area contributed by atoms with E-state index >= 15 is 0 Å². The molecule has 0 heterocycles. The summed E-state index contributed by atoms with van der Waals surface area (Å²) in [7, 11) is 0. The molecule has 0 amide bonds. The van der Waals surface area contributed by atoms with Gasteiger partial charge in [0, 0.05) is 5.71 Å². The number of carboxylic acids is 1. The Kier molecular flexibility index (Phi) is 7.06. The van der Waals surface area contributed by atoms with E-state index in [9.17, 15) is 9.90 Å². The van der Waals surface area contributed by atoms with E-state index in [1.807, 2.05) is 0 Å². The van der Waals surface area contributed by atoms with Gasteiger partial charge in [0.15, 0.2) is 6.04 Å². The molecule has 5 nitrogen and oxygen atoms in total. The van der Waals surface area contributed by atoms with Crippen molar-refractivity contribution in [1.82, 2.24) is 0 Å². The Balaban J connectivity index is 0.00000256. The number of hydrogen-bond donors (Lipinski definition) is 2. The number of para-hydroxylation sites is 1. The van der Waals surface area contributed by atoms with E-state index in [0.717, 1.165) is 0 Å². The van der Waals surface area contributed by atoms with Crippen LogP contribution in [0.1, 0.15) is 12.5 Å². The first-order valence-electron chi connectivity index (χ1n) is 4.70. The van der Waals surface area contributed by atoms with Crippen LogP contribution >= 0.6 is 0 Å². The maximum absolute atomic E-state index is 11.4. The molecule has 0 aliphatic rings. The van der Waals surface area contributed by atoms with Crippen LogP contribution in [-0.4, -0.2) is 34.5 Å². The number of aliphatic carboxylic acids is 1. The average molecular weight is 245 g/mol. The number of carboxylic acid groups (broad SMARTS) is 1. The van der Waals surface area contributed by atoms with E-state index in [1.165, 1.54) is 6.07 Å². The van der Waals surface area contributed by atoms with E-state index in [2.05, 4.69) is 4.99 Å². The summed E-state index contributed by atoms with van der Waals surface area (Å²) in [6, 6.07) is 4.99. The zero-order valence-corrected chi connectivity index (χ0v) is 11.8. The van der Waals surface area contributed by atoms with Gasteiger partial charge < -0.3 is 15.3 Å². The fraction of sp³-hybridized carbons (Fsp3) is 0.273. The van der Waals surface area contributed by atoms with Gasteiger partial charge in [-0.1, -0.05) is 30.0 Å². The number of nitrogens with zero attached hydrogens (tertiary/aromatic N) is 1. The fourth-order valence-electron chi connectivity index (χ4n) is 1.24. The molecule has 0 spiro atoms. The van der Waals surface area contributed by atoms with Crippen LogP contribution < -0.4 is 34.7 Å². The van der Waals surface area contributed by atoms with Gasteiger partial charge in [-0.25, -0.2) is 4.79 Å². The maximum atomic E-state index is 11.4. The van der Waals surface area contributed by atoms with Gasteiger partial charge in [-0.2, -0.15) is 0 Å². The third-order valence-electron chi connectivity index (χ3n) is 2.08. The minimum absolute atomic E-state index is 0. The molecule has 0 saturated carbocycles. The van der Waals surface area contributed by atoms with Crippen molar-refractivity contribution in [2.24, 2.45) is 4.99 Å². The zero-order valence-electron chi connectivity index (χ0n) is 9.75. The number of benzene rings is 1. The summed E-state index contributed by atoms with van der Waals surface area (Å²) in [5, 5.41) is 28.9. The Bertz CT molecular complexity index is 420. The van der Waals surface area contributed by atoms with Crippen molar-refractivity contribution < 1.29 is 49.7 Å². The first-order chi connectivity index (χ1) is 7.56. The SMILES string of the molecule is CC(=NC(CO)C(=O)O)c1ccccc1[O-].[Na+]. The van der Waals surface area contributed by atoms with Gasteiger partial charge in [-0.05, 0) is 12.5 Å². The smallest absolute Gasteiger partial charge is 0.872 e. The average Bonchev–Trinajstić information content (AvgIpc) is 2.25. The van der Waals surface area contributed by atoms with Crippen LogP contribution in [0.4, 0.5) is 0 Å². The maximum Gasteiger partial charge on any atom is 1.00 e. The van der Waals surface area contributed by atoms with Crippen LogP contribution in [0, 0.1) is 0 Å². The molecule has 0 aliphatic heterocycles. The molecule has 1 unspecified atom stereocenters. The minimum Gasteiger partial charge on any atom is -0.872 e. The molecule has 2 N–H and O–H groups in total. The molecular formula is C11H12NNaO4. The molecule has 1 aromatic rings. The molecule has 0 fully saturated rings. The molecule has 0 saturated heterocycles. The van der Waals surface area contributed by atoms with Gasteiger partial charge in [0.25, 0.3) is 0 Å². The predicted molar refractivity (Wildman–Crippen MR) is 56.6 cm³/mol. The molecule has 0 aliphatic carbocycles. The van der Waals surface area contributed by atoms with Gasteiger partial charge in [0.1, 0.15) is 0 Å². The second-order valence-electron chi connectivity index (χ2n) is 3.25.